The van der Waals surface area contributed by atoms with E-state index in [2.05, 4.69) is 10.3 Å². The molecular weight excluding hydrogens is 331 g/mol. The van der Waals surface area contributed by atoms with E-state index in [4.69, 9.17) is 27.9 Å². The lowest BCUT2D eigenvalue weighted by molar-refractivity contribution is 0.104. The summed E-state index contributed by atoms with van der Waals surface area (Å²) in [7, 11) is 0. The Balaban J connectivity index is 1.75. The largest absolute Gasteiger partial charge is 0.489 e. The van der Waals surface area contributed by atoms with Gasteiger partial charge in [-0.3, -0.25) is 0 Å². The van der Waals surface area contributed by atoms with Crippen LogP contribution >= 0.6 is 34.5 Å². The molecule has 0 spiro atoms. The highest BCUT2D eigenvalue weighted by atomic mass is 35.5. The number of hydrogen-bond donors (Lipinski definition) is 2. The van der Waals surface area contributed by atoms with E-state index < -0.39 is 6.10 Å². The second-order valence-corrected chi connectivity index (χ2v) is 6.31. The molecular formula is C14H16Cl2N2O2S. The van der Waals surface area contributed by atoms with Crippen LogP contribution in [-0.2, 0) is 0 Å². The van der Waals surface area contributed by atoms with E-state index in [9.17, 15) is 5.11 Å². The molecule has 0 aliphatic rings. The maximum atomic E-state index is 9.93. The fourth-order valence-corrected chi connectivity index (χ4v) is 2.82. The van der Waals surface area contributed by atoms with Gasteiger partial charge in [-0.05, 0) is 25.1 Å². The smallest absolute Gasteiger partial charge is 0.138 e. The van der Waals surface area contributed by atoms with Gasteiger partial charge in [0, 0.05) is 23.1 Å². The second-order valence-electron chi connectivity index (χ2n) is 4.54. The van der Waals surface area contributed by atoms with Crippen LogP contribution in [0.5, 0.6) is 5.75 Å². The quantitative estimate of drug-likeness (QED) is 0.804. The molecule has 2 aromatic rings. The van der Waals surface area contributed by atoms with Crippen molar-refractivity contribution in [2.75, 3.05) is 13.2 Å². The van der Waals surface area contributed by atoms with Gasteiger partial charge in [0.15, 0.2) is 0 Å². The van der Waals surface area contributed by atoms with Gasteiger partial charge in [0.25, 0.3) is 0 Å². The van der Waals surface area contributed by atoms with Crippen LogP contribution in [0.4, 0.5) is 0 Å². The predicted molar refractivity (Wildman–Crippen MR) is 86.5 cm³/mol. The van der Waals surface area contributed by atoms with E-state index in [-0.39, 0.29) is 12.6 Å². The summed E-state index contributed by atoms with van der Waals surface area (Å²) in [4.78, 5) is 4.22. The summed E-state index contributed by atoms with van der Waals surface area (Å²) in [6.07, 6.45) is 1.12. The number of nitrogens with zero attached hydrogens (tertiary/aromatic N) is 1. The molecule has 0 aliphatic heterocycles. The molecule has 2 rings (SSSR count). The van der Waals surface area contributed by atoms with Crippen molar-refractivity contribution in [3.8, 4) is 5.75 Å². The fraction of sp³-hybridized carbons (Fsp3) is 0.357. The van der Waals surface area contributed by atoms with Gasteiger partial charge >= 0.3 is 0 Å². The Kier molecular flexibility index (Phi) is 6.26. The van der Waals surface area contributed by atoms with Crippen molar-refractivity contribution in [1.29, 1.82) is 0 Å². The van der Waals surface area contributed by atoms with Crippen LogP contribution in [0.2, 0.25) is 10.0 Å². The molecule has 0 saturated carbocycles. The van der Waals surface area contributed by atoms with Crippen molar-refractivity contribution in [2.24, 2.45) is 0 Å². The number of aliphatic hydroxyl groups is 1. The number of rotatable bonds is 7. The molecule has 1 heterocycles. The van der Waals surface area contributed by atoms with E-state index in [1.807, 2.05) is 12.3 Å². The van der Waals surface area contributed by atoms with Crippen molar-refractivity contribution in [3.63, 3.8) is 0 Å². The molecule has 1 aromatic heterocycles. The third kappa shape index (κ3) is 5.13. The van der Waals surface area contributed by atoms with Crippen molar-refractivity contribution >= 4 is 34.5 Å². The van der Waals surface area contributed by atoms with Gasteiger partial charge in [-0.25, -0.2) is 4.98 Å². The van der Waals surface area contributed by atoms with Crippen LogP contribution < -0.4 is 10.1 Å². The first kappa shape index (κ1) is 16.5. The van der Waals surface area contributed by atoms with Gasteiger partial charge < -0.3 is 15.2 Å². The molecule has 0 bridgehead atoms. The van der Waals surface area contributed by atoms with Crippen LogP contribution in [0.25, 0.3) is 0 Å². The molecule has 2 N–H and O–H groups in total. The minimum absolute atomic E-state index is 0.0961. The maximum absolute atomic E-state index is 9.93. The van der Waals surface area contributed by atoms with Crippen LogP contribution in [0, 0.1) is 0 Å². The van der Waals surface area contributed by atoms with Gasteiger partial charge in [-0.2, -0.15) is 0 Å². The second kappa shape index (κ2) is 7.96. The molecule has 0 aliphatic carbocycles. The van der Waals surface area contributed by atoms with Crippen molar-refractivity contribution in [2.45, 2.75) is 19.1 Å². The number of hydrogen-bond acceptors (Lipinski definition) is 5. The van der Waals surface area contributed by atoms with E-state index in [0.717, 1.165) is 5.01 Å². The predicted octanol–water partition coefficient (Wildman–Crippen LogP) is 3.54. The Hall–Kier alpha value is -0.850. The number of ether oxygens (including phenoxy) is 1. The monoisotopic (exact) mass is 346 g/mol. The fourth-order valence-electron chi connectivity index (χ4n) is 1.69. The van der Waals surface area contributed by atoms with E-state index >= 15 is 0 Å². The van der Waals surface area contributed by atoms with Crippen LogP contribution in [0.1, 0.15) is 18.0 Å². The molecule has 1 aromatic carbocycles. The Morgan fingerprint density at radius 3 is 2.90 bits per heavy atom. The summed E-state index contributed by atoms with van der Waals surface area (Å²) in [5.41, 5.74) is 0. The normalized spacial score (nSPS) is 13.9. The van der Waals surface area contributed by atoms with E-state index in [1.165, 1.54) is 0 Å². The van der Waals surface area contributed by atoms with Crippen LogP contribution in [0.3, 0.4) is 0 Å². The first-order valence-corrected chi connectivity index (χ1v) is 8.08. The summed E-state index contributed by atoms with van der Waals surface area (Å²) >= 11 is 13.4. The lowest BCUT2D eigenvalue weighted by Crippen LogP contribution is -2.33. The molecule has 21 heavy (non-hydrogen) atoms. The van der Waals surface area contributed by atoms with Crippen molar-refractivity contribution in [3.05, 3.63) is 44.8 Å². The number of nitrogens with one attached hydrogen (secondary N) is 1. The highest BCUT2D eigenvalue weighted by Gasteiger charge is 2.12. The molecule has 0 fully saturated rings. The summed E-state index contributed by atoms with van der Waals surface area (Å²) in [5, 5.41) is 17.0. The summed E-state index contributed by atoms with van der Waals surface area (Å²) in [6.45, 7) is 2.56. The van der Waals surface area contributed by atoms with Crippen LogP contribution in [-0.4, -0.2) is 29.3 Å². The average molecular weight is 347 g/mol. The molecule has 0 saturated heterocycles. The van der Waals surface area contributed by atoms with E-state index in [1.54, 1.807) is 35.7 Å². The number of aromatic nitrogens is 1. The third-order valence-corrected chi connectivity index (χ3v) is 4.30. The molecule has 2 atom stereocenters. The van der Waals surface area contributed by atoms with Gasteiger partial charge in [-0.1, -0.05) is 23.2 Å². The number of thiazole rings is 1. The molecule has 2 unspecified atom stereocenters. The maximum Gasteiger partial charge on any atom is 0.138 e. The van der Waals surface area contributed by atoms with Crippen molar-refractivity contribution < 1.29 is 9.84 Å². The first-order valence-electron chi connectivity index (χ1n) is 6.45. The Labute approximate surface area is 137 Å². The molecule has 7 heteroatoms. The summed E-state index contributed by atoms with van der Waals surface area (Å²) in [5.74, 6) is 0.507. The Morgan fingerprint density at radius 1 is 1.43 bits per heavy atom. The molecule has 114 valence electrons. The lowest BCUT2D eigenvalue weighted by atomic mass is 10.3. The number of aliphatic hydroxyl groups excluding tert-OH is 1. The highest BCUT2D eigenvalue weighted by molar-refractivity contribution is 7.09. The zero-order valence-corrected chi connectivity index (χ0v) is 13.8. The molecule has 4 nitrogen and oxygen atoms in total. The van der Waals surface area contributed by atoms with Crippen LogP contribution in [0.15, 0.2) is 29.8 Å². The first-order chi connectivity index (χ1) is 10.1. The summed E-state index contributed by atoms with van der Waals surface area (Å²) < 4.78 is 5.48. The Bertz CT molecular complexity index is 566. The Morgan fingerprint density at radius 2 is 2.24 bits per heavy atom. The lowest BCUT2D eigenvalue weighted by Gasteiger charge is -2.16. The van der Waals surface area contributed by atoms with Gasteiger partial charge in [0.05, 0.1) is 11.1 Å². The minimum Gasteiger partial charge on any atom is -0.489 e. The van der Waals surface area contributed by atoms with Gasteiger partial charge in [-0.15, -0.1) is 11.3 Å². The average Bonchev–Trinajstić information content (AvgIpc) is 2.98. The zero-order chi connectivity index (χ0) is 15.2. The number of halogens is 2. The zero-order valence-electron chi connectivity index (χ0n) is 11.4. The SMILES string of the molecule is CC(NCC(O)COc1ccc(Cl)cc1Cl)c1nccs1. The van der Waals surface area contributed by atoms with Gasteiger partial charge in [0.1, 0.15) is 23.5 Å². The van der Waals surface area contributed by atoms with Crippen molar-refractivity contribution in [1.82, 2.24) is 10.3 Å². The molecule has 0 amide bonds. The van der Waals surface area contributed by atoms with Gasteiger partial charge in [0.2, 0.25) is 0 Å². The topological polar surface area (TPSA) is 54.4 Å². The summed E-state index contributed by atoms with van der Waals surface area (Å²) in [6, 6.07) is 5.08. The highest BCUT2D eigenvalue weighted by Crippen LogP contribution is 2.27. The minimum atomic E-state index is -0.640. The number of benzene rings is 1. The third-order valence-electron chi connectivity index (χ3n) is 2.81. The van der Waals surface area contributed by atoms with E-state index in [0.29, 0.717) is 22.3 Å². The molecule has 0 radical (unpaired) electrons. The standard InChI is InChI=1S/C14H16Cl2N2O2S/c1-9(14-17-4-5-21-14)18-7-11(19)8-20-13-3-2-10(15)6-12(13)16/h2-6,9,11,18-19H,7-8H2,1H3.